The van der Waals surface area contributed by atoms with Crippen molar-refractivity contribution in [3.63, 3.8) is 0 Å². The Hall–Kier alpha value is -0.250. The van der Waals surface area contributed by atoms with Crippen molar-refractivity contribution in [2.45, 2.75) is 13.3 Å². The lowest BCUT2D eigenvalue weighted by Crippen LogP contribution is -1.96. The van der Waals surface area contributed by atoms with Gasteiger partial charge in [0.15, 0.2) is 0 Å². The Morgan fingerprint density at radius 3 is 2.83 bits per heavy atom. The van der Waals surface area contributed by atoms with E-state index in [9.17, 15) is 0 Å². The van der Waals surface area contributed by atoms with Gasteiger partial charge in [0.25, 0.3) is 0 Å². The average molecular weight is 275 g/mol. The van der Waals surface area contributed by atoms with E-state index in [0.717, 1.165) is 12.2 Å². The van der Waals surface area contributed by atoms with Crippen molar-refractivity contribution >= 4 is 22.6 Å². The first-order chi connectivity index (χ1) is 5.74. The molecule has 0 aliphatic heterocycles. The summed E-state index contributed by atoms with van der Waals surface area (Å²) in [6.45, 7) is 6.47. The second kappa shape index (κ2) is 4.70. The van der Waals surface area contributed by atoms with Gasteiger partial charge >= 0.3 is 0 Å². The molecule has 1 aromatic carbocycles. The second-order valence-electron chi connectivity index (χ2n) is 2.61. The Kier molecular flexibility index (Phi) is 3.85. The van der Waals surface area contributed by atoms with Gasteiger partial charge in [-0.25, -0.2) is 0 Å². The molecule has 0 saturated heterocycles. The predicted molar refractivity (Wildman–Crippen MR) is 59.4 cm³/mol. The molecule has 1 aromatic rings. The number of hydrogen-bond acceptors (Lipinski definition) is 1. The van der Waals surface area contributed by atoms with Crippen molar-refractivity contribution in [1.82, 2.24) is 0 Å². The number of rotatable bonds is 3. The van der Waals surface area contributed by atoms with Gasteiger partial charge in [0, 0.05) is 3.57 Å². The molecule has 1 nitrogen and oxygen atoms in total. The highest BCUT2D eigenvalue weighted by Gasteiger charge is 1.98. The van der Waals surface area contributed by atoms with Crippen LogP contribution >= 0.6 is 22.6 Å². The summed E-state index contributed by atoms with van der Waals surface area (Å²) in [5.41, 5.74) is 1.19. The smallest absolute Gasteiger partial charge is 0.122 e. The molecule has 0 fully saturated rings. The maximum atomic E-state index is 5.48. The molecular formula is C10H12IO. The second-order valence-corrected chi connectivity index (χ2v) is 3.86. The molecule has 0 spiro atoms. The number of halogens is 1. The SMILES string of the molecule is [CH2]CCOc1ccc(I)cc1C. The third kappa shape index (κ3) is 2.66. The lowest BCUT2D eigenvalue weighted by atomic mass is 10.2. The minimum absolute atomic E-state index is 0.696. The van der Waals surface area contributed by atoms with Crippen molar-refractivity contribution in [2.24, 2.45) is 0 Å². The average Bonchev–Trinajstić information content (AvgIpc) is 2.03. The molecule has 0 atom stereocenters. The highest BCUT2D eigenvalue weighted by atomic mass is 127. The summed E-state index contributed by atoms with van der Waals surface area (Å²) in [7, 11) is 0. The first-order valence-electron chi connectivity index (χ1n) is 3.92. The van der Waals surface area contributed by atoms with Gasteiger partial charge in [0.1, 0.15) is 5.75 Å². The third-order valence-electron chi connectivity index (χ3n) is 1.54. The predicted octanol–water partition coefficient (Wildman–Crippen LogP) is 3.20. The van der Waals surface area contributed by atoms with E-state index in [1.54, 1.807) is 0 Å². The van der Waals surface area contributed by atoms with Crippen LogP contribution in [0.4, 0.5) is 0 Å². The number of hydrogen-bond donors (Lipinski definition) is 0. The quantitative estimate of drug-likeness (QED) is 0.770. The van der Waals surface area contributed by atoms with Crippen LogP contribution < -0.4 is 4.74 Å². The van der Waals surface area contributed by atoms with Gasteiger partial charge in [-0.2, -0.15) is 0 Å². The van der Waals surface area contributed by atoms with E-state index < -0.39 is 0 Å². The highest BCUT2D eigenvalue weighted by Crippen LogP contribution is 2.19. The van der Waals surface area contributed by atoms with Crippen LogP contribution in [0.5, 0.6) is 5.75 Å². The van der Waals surface area contributed by atoms with Crippen LogP contribution in [0.2, 0.25) is 0 Å². The molecule has 0 saturated carbocycles. The Morgan fingerprint density at radius 2 is 2.25 bits per heavy atom. The van der Waals surface area contributed by atoms with Crippen molar-refractivity contribution < 1.29 is 4.74 Å². The molecule has 0 aliphatic rings. The van der Waals surface area contributed by atoms with Crippen molar-refractivity contribution in [3.8, 4) is 5.75 Å². The molecule has 0 unspecified atom stereocenters. The maximum Gasteiger partial charge on any atom is 0.122 e. The molecule has 0 heterocycles. The van der Waals surface area contributed by atoms with E-state index in [0.29, 0.717) is 6.61 Å². The normalized spacial score (nSPS) is 9.92. The van der Waals surface area contributed by atoms with Crippen LogP contribution in [0, 0.1) is 17.4 Å². The van der Waals surface area contributed by atoms with Gasteiger partial charge in [-0.15, -0.1) is 0 Å². The molecule has 2 heteroatoms. The summed E-state index contributed by atoms with van der Waals surface area (Å²) in [6.07, 6.45) is 0.811. The van der Waals surface area contributed by atoms with E-state index in [1.807, 2.05) is 12.1 Å². The van der Waals surface area contributed by atoms with Crippen molar-refractivity contribution in [2.75, 3.05) is 6.61 Å². The van der Waals surface area contributed by atoms with Crippen LogP contribution in [0.25, 0.3) is 0 Å². The number of benzene rings is 1. The van der Waals surface area contributed by atoms with Crippen LogP contribution in [-0.2, 0) is 0 Å². The van der Waals surface area contributed by atoms with Crippen LogP contribution in [0.1, 0.15) is 12.0 Å². The lowest BCUT2D eigenvalue weighted by molar-refractivity contribution is 0.322. The topological polar surface area (TPSA) is 9.23 Å². The molecule has 0 aliphatic carbocycles. The van der Waals surface area contributed by atoms with Crippen molar-refractivity contribution in [1.29, 1.82) is 0 Å². The van der Waals surface area contributed by atoms with E-state index >= 15 is 0 Å². The molecule has 0 N–H and O–H groups in total. The molecule has 0 aromatic heterocycles. The first kappa shape index (κ1) is 9.84. The van der Waals surface area contributed by atoms with Gasteiger partial charge in [0.05, 0.1) is 6.61 Å². The Balaban J connectivity index is 2.72. The van der Waals surface area contributed by atoms with Crippen LogP contribution in [-0.4, -0.2) is 6.61 Å². The standard InChI is InChI=1S/C10H12IO/c1-3-6-12-10-5-4-9(11)7-8(10)2/h4-5,7H,1,3,6H2,2H3. The van der Waals surface area contributed by atoms with Gasteiger partial charge in [-0.1, -0.05) is 0 Å². The zero-order valence-corrected chi connectivity index (χ0v) is 9.30. The van der Waals surface area contributed by atoms with E-state index in [4.69, 9.17) is 4.74 Å². The third-order valence-corrected chi connectivity index (χ3v) is 2.21. The molecular weight excluding hydrogens is 263 g/mol. The summed E-state index contributed by atoms with van der Waals surface area (Å²) in [6, 6.07) is 6.16. The highest BCUT2D eigenvalue weighted by molar-refractivity contribution is 14.1. The maximum absolute atomic E-state index is 5.48. The monoisotopic (exact) mass is 275 g/mol. The molecule has 0 amide bonds. The van der Waals surface area contributed by atoms with Crippen molar-refractivity contribution in [3.05, 3.63) is 34.3 Å². The fourth-order valence-electron chi connectivity index (χ4n) is 0.957. The fraction of sp³-hybridized carbons (Fsp3) is 0.300. The fourth-order valence-corrected chi connectivity index (χ4v) is 1.60. The van der Waals surface area contributed by atoms with E-state index in [1.165, 1.54) is 9.13 Å². The van der Waals surface area contributed by atoms with Gasteiger partial charge < -0.3 is 4.74 Å². The zero-order chi connectivity index (χ0) is 8.97. The molecule has 1 rings (SSSR count). The number of aryl methyl sites for hydroxylation is 1. The van der Waals surface area contributed by atoms with E-state index in [-0.39, 0.29) is 0 Å². The molecule has 0 bridgehead atoms. The summed E-state index contributed by atoms with van der Waals surface area (Å²) in [4.78, 5) is 0. The zero-order valence-electron chi connectivity index (χ0n) is 7.14. The molecule has 65 valence electrons. The summed E-state index contributed by atoms with van der Waals surface area (Å²) in [5.74, 6) is 0.971. The Labute approximate surface area is 87.3 Å². The van der Waals surface area contributed by atoms with Crippen LogP contribution in [0.15, 0.2) is 18.2 Å². The first-order valence-corrected chi connectivity index (χ1v) is 5.00. The summed E-state index contributed by atoms with van der Waals surface area (Å²) >= 11 is 2.29. The number of ether oxygens (including phenoxy) is 1. The summed E-state index contributed by atoms with van der Waals surface area (Å²) < 4.78 is 6.72. The van der Waals surface area contributed by atoms with Gasteiger partial charge in [-0.05, 0) is 66.6 Å². The minimum Gasteiger partial charge on any atom is -0.493 e. The van der Waals surface area contributed by atoms with Crippen LogP contribution in [0.3, 0.4) is 0 Å². The summed E-state index contributed by atoms with van der Waals surface area (Å²) in [5, 5.41) is 0. The van der Waals surface area contributed by atoms with Gasteiger partial charge in [-0.3, -0.25) is 0 Å². The minimum atomic E-state index is 0.696. The Morgan fingerprint density at radius 1 is 1.50 bits per heavy atom. The Bertz CT molecular complexity index is 258. The van der Waals surface area contributed by atoms with E-state index in [2.05, 4.69) is 42.5 Å². The largest absolute Gasteiger partial charge is 0.493 e. The van der Waals surface area contributed by atoms with Gasteiger partial charge in [0.2, 0.25) is 0 Å². The lowest BCUT2D eigenvalue weighted by Gasteiger charge is -2.07. The molecule has 1 radical (unpaired) electrons. The molecule has 12 heavy (non-hydrogen) atoms.